The van der Waals surface area contributed by atoms with Gasteiger partial charge < -0.3 is 14.9 Å². The second kappa shape index (κ2) is 9.14. The van der Waals surface area contributed by atoms with Crippen molar-refractivity contribution in [3.63, 3.8) is 0 Å². The summed E-state index contributed by atoms with van der Waals surface area (Å²) in [5, 5.41) is 20.2. The van der Waals surface area contributed by atoms with Gasteiger partial charge >= 0.3 is 5.97 Å². The molecule has 5 nitrogen and oxygen atoms in total. The Balaban J connectivity index is 2.18. The van der Waals surface area contributed by atoms with Crippen LogP contribution in [0.4, 0.5) is 0 Å². The molecule has 0 amide bonds. The van der Waals surface area contributed by atoms with E-state index in [1.807, 2.05) is 19.1 Å². The number of allylic oxidation sites excluding steroid dienone is 3. The minimum Gasteiger partial charge on any atom is -0.462 e. The van der Waals surface area contributed by atoms with Crippen molar-refractivity contribution in [2.45, 2.75) is 70.2 Å². The number of esters is 1. The SMILES string of the molecule is CCC1C/C=C\C(=O)CCC/C=C/C2CC(O)CC(O)C2C(=O)O1. The van der Waals surface area contributed by atoms with Gasteiger partial charge in [-0.2, -0.15) is 0 Å². The van der Waals surface area contributed by atoms with Gasteiger partial charge in [0.25, 0.3) is 0 Å². The van der Waals surface area contributed by atoms with E-state index in [1.165, 1.54) is 0 Å². The van der Waals surface area contributed by atoms with Gasteiger partial charge in [-0.1, -0.05) is 25.2 Å². The smallest absolute Gasteiger partial charge is 0.312 e. The first-order chi connectivity index (χ1) is 11.5. The summed E-state index contributed by atoms with van der Waals surface area (Å²) >= 11 is 0. The standard InChI is InChI=1S/C19H28O5/c1-2-16-10-6-9-14(20)8-5-3-4-7-13-11-15(21)12-17(22)18(13)19(23)24-16/h4,6-7,9,13,15-18,21-22H,2-3,5,8,10-12H2,1H3/b7-4+,9-6-. The van der Waals surface area contributed by atoms with Crippen LogP contribution in [0.15, 0.2) is 24.3 Å². The van der Waals surface area contributed by atoms with Gasteiger partial charge in [-0.25, -0.2) is 0 Å². The van der Waals surface area contributed by atoms with Crippen molar-refractivity contribution in [3.05, 3.63) is 24.3 Å². The van der Waals surface area contributed by atoms with Gasteiger partial charge in [-0.15, -0.1) is 0 Å². The number of ether oxygens (including phenoxy) is 1. The van der Waals surface area contributed by atoms with Gasteiger partial charge in [0.05, 0.1) is 18.1 Å². The van der Waals surface area contributed by atoms with E-state index in [0.717, 1.165) is 12.8 Å². The molecule has 0 spiro atoms. The van der Waals surface area contributed by atoms with E-state index in [-0.39, 0.29) is 24.2 Å². The van der Waals surface area contributed by atoms with Crippen LogP contribution in [0.5, 0.6) is 0 Å². The summed E-state index contributed by atoms with van der Waals surface area (Å²) in [6, 6.07) is 0. The Bertz CT molecular complexity index is 496. The third-order valence-corrected chi connectivity index (χ3v) is 4.82. The summed E-state index contributed by atoms with van der Waals surface area (Å²) in [4.78, 5) is 24.3. The zero-order valence-corrected chi connectivity index (χ0v) is 14.3. The van der Waals surface area contributed by atoms with Crippen LogP contribution in [0.2, 0.25) is 0 Å². The number of aliphatic hydroxyl groups excluding tert-OH is 2. The van der Waals surface area contributed by atoms with Crippen LogP contribution in [0.25, 0.3) is 0 Å². The van der Waals surface area contributed by atoms with Crippen molar-refractivity contribution in [2.24, 2.45) is 11.8 Å². The zero-order chi connectivity index (χ0) is 17.5. The van der Waals surface area contributed by atoms with Gasteiger partial charge in [0.1, 0.15) is 6.10 Å². The molecule has 1 aliphatic heterocycles. The quantitative estimate of drug-likeness (QED) is 0.567. The number of carbonyl (C=O) groups is 2. The Morgan fingerprint density at radius 2 is 2.00 bits per heavy atom. The highest BCUT2D eigenvalue weighted by atomic mass is 16.5. The lowest BCUT2D eigenvalue weighted by Crippen LogP contribution is -2.44. The molecule has 0 aromatic rings. The van der Waals surface area contributed by atoms with E-state index >= 15 is 0 Å². The molecule has 5 unspecified atom stereocenters. The molecule has 5 heteroatoms. The average Bonchev–Trinajstić information content (AvgIpc) is 2.52. The lowest BCUT2D eigenvalue weighted by Gasteiger charge is -2.35. The summed E-state index contributed by atoms with van der Waals surface area (Å²) in [6.07, 6.45) is 9.16. The van der Waals surface area contributed by atoms with Crippen LogP contribution in [0.3, 0.4) is 0 Å². The summed E-state index contributed by atoms with van der Waals surface area (Å²) in [5.74, 6) is -1.19. The van der Waals surface area contributed by atoms with Crippen molar-refractivity contribution < 1.29 is 24.5 Å². The van der Waals surface area contributed by atoms with Crippen LogP contribution >= 0.6 is 0 Å². The van der Waals surface area contributed by atoms with Gasteiger partial charge in [0.2, 0.25) is 0 Å². The molecule has 0 saturated heterocycles. The Labute approximate surface area is 143 Å². The molecule has 134 valence electrons. The number of aliphatic hydroxyl groups is 2. The van der Waals surface area contributed by atoms with Crippen molar-refractivity contribution in [1.29, 1.82) is 0 Å². The number of carbonyl (C=O) groups excluding carboxylic acids is 2. The molecule has 2 N–H and O–H groups in total. The van der Waals surface area contributed by atoms with Crippen molar-refractivity contribution in [1.82, 2.24) is 0 Å². The van der Waals surface area contributed by atoms with Crippen LogP contribution in [0, 0.1) is 11.8 Å². The second-order valence-corrected chi connectivity index (χ2v) is 6.77. The first kappa shape index (κ1) is 18.9. The van der Waals surface area contributed by atoms with Crippen molar-refractivity contribution >= 4 is 11.8 Å². The molecule has 0 bridgehead atoms. The lowest BCUT2D eigenvalue weighted by molar-refractivity contribution is -0.164. The molecule has 1 fully saturated rings. The molecule has 2 aliphatic rings. The predicted octanol–water partition coefficient (Wildman–Crippen LogP) is 2.31. The summed E-state index contributed by atoms with van der Waals surface area (Å²) in [5.41, 5.74) is 0. The Morgan fingerprint density at radius 1 is 1.21 bits per heavy atom. The maximum absolute atomic E-state index is 12.6. The Morgan fingerprint density at radius 3 is 2.75 bits per heavy atom. The molecule has 2 rings (SSSR count). The van der Waals surface area contributed by atoms with Gasteiger partial charge in [0, 0.05) is 19.3 Å². The monoisotopic (exact) mass is 336 g/mol. The normalized spacial score (nSPS) is 38.5. The van der Waals surface area contributed by atoms with Crippen LogP contribution in [-0.2, 0) is 14.3 Å². The largest absolute Gasteiger partial charge is 0.462 e. The predicted molar refractivity (Wildman–Crippen MR) is 90.2 cm³/mol. The van der Waals surface area contributed by atoms with E-state index in [0.29, 0.717) is 25.7 Å². The summed E-state index contributed by atoms with van der Waals surface area (Å²) in [6.45, 7) is 1.93. The number of hydrogen-bond acceptors (Lipinski definition) is 5. The lowest BCUT2D eigenvalue weighted by atomic mass is 9.75. The van der Waals surface area contributed by atoms with E-state index in [2.05, 4.69) is 0 Å². The van der Waals surface area contributed by atoms with Gasteiger partial charge in [-0.3, -0.25) is 9.59 Å². The fraction of sp³-hybridized carbons (Fsp3) is 0.684. The molecule has 24 heavy (non-hydrogen) atoms. The highest BCUT2D eigenvalue weighted by molar-refractivity contribution is 5.89. The molecule has 0 aromatic heterocycles. The summed E-state index contributed by atoms with van der Waals surface area (Å²) < 4.78 is 5.58. The van der Waals surface area contributed by atoms with Gasteiger partial charge in [-0.05, 0) is 37.7 Å². The second-order valence-electron chi connectivity index (χ2n) is 6.77. The van der Waals surface area contributed by atoms with E-state index in [4.69, 9.17) is 4.74 Å². The molecule has 0 aromatic carbocycles. The Kier molecular flexibility index (Phi) is 7.18. The third kappa shape index (κ3) is 5.28. The Hall–Kier alpha value is -1.46. The fourth-order valence-electron chi connectivity index (χ4n) is 3.44. The molecule has 1 aliphatic carbocycles. The number of fused-ring (bicyclic) bond motifs is 1. The van der Waals surface area contributed by atoms with E-state index in [9.17, 15) is 19.8 Å². The topological polar surface area (TPSA) is 83.8 Å². The number of rotatable bonds is 1. The molecule has 1 heterocycles. The number of hydrogen-bond donors (Lipinski definition) is 2. The highest BCUT2D eigenvalue weighted by Gasteiger charge is 2.41. The third-order valence-electron chi connectivity index (χ3n) is 4.82. The minimum absolute atomic E-state index is 0.0861. The minimum atomic E-state index is -0.890. The molecule has 5 atom stereocenters. The molecular formula is C19H28O5. The van der Waals surface area contributed by atoms with Crippen LogP contribution in [0.1, 0.15) is 51.9 Å². The van der Waals surface area contributed by atoms with Crippen molar-refractivity contribution in [2.75, 3.05) is 0 Å². The van der Waals surface area contributed by atoms with Gasteiger partial charge in [0.15, 0.2) is 5.78 Å². The van der Waals surface area contributed by atoms with Crippen LogP contribution < -0.4 is 0 Å². The number of cyclic esters (lactones) is 1. The molecule has 1 saturated carbocycles. The first-order valence-corrected chi connectivity index (χ1v) is 8.94. The zero-order valence-electron chi connectivity index (χ0n) is 14.3. The molecular weight excluding hydrogens is 308 g/mol. The highest BCUT2D eigenvalue weighted by Crippen LogP contribution is 2.33. The number of ketones is 1. The fourth-order valence-corrected chi connectivity index (χ4v) is 3.44. The van der Waals surface area contributed by atoms with E-state index in [1.54, 1.807) is 12.2 Å². The maximum atomic E-state index is 12.6. The molecule has 0 radical (unpaired) electrons. The maximum Gasteiger partial charge on any atom is 0.312 e. The average molecular weight is 336 g/mol. The van der Waals surface area contributed by atoms with Crippen molar-refractivity contribution in [3.8, 4) is 0 Å². The summed E-state index contributed by atoms with van der Waals surface area (Å²) in [7, 11) is 0. The first-order valence-electron chi connectivity index (χ1n) is 8.94. The van der Waals surface area contributed by atoms with Crippen LogP contribution in [-0.4, -0.2) is 40.3 Å². The van der Waals surface area contributed by atoms with E-state index < -0.39 is 24.1 Å².